The molecule has 0 N–H and O–H groups in total. The van der Waals surface area contributed by atoms with Gasteiger partial charge in [0.15, 0.2) is 23.2 Å². The zero-order valence-electron chi connectivity index (χ0n) is 19.3. The van der Waals surface area contributed by atoms with Crippen LogP contribution in [0.1, 0.15) is 39.3 Å². The summed E-state index contributed by atoms with van der Waals surface area (Å²) in [5.41, 5.74) is 1.20. The van der Waals surface area contributed by atoms with Crippen molar-refractivity contribution in [2.75, 3.05) is 7.05 Å². The maximum absolute atomic E-state index is 14.6. The van der Waals surface area contributed by atoms with E-state index in [9.17, 15) is 14.9 Å². The monoisotopic (exact) mass is 479 g/mol. The number of fused-ring (bicyclic) bond motifs is 1. The minimum atomic E-state index is -1.31. The molecule has 0 saturated heterocycles. The quantitative estimate of drug-likeness (QED) is 0.288. The van der Waals surface area contributed by atoms with Crippen molar-refractivity contribution >= 4 is 17.4 Å². The van der Waals surface area contributed by atoms with Crippen LogP contribution in [-0.2, 0) is 0 Å². The summed E-state index contributed by atoms with van der Waals surface area (Å²) in [4.78, 5) is 25.3. The Hall–Kier alpha value is -4.72. The van der Waals surface area contributed by atoms with E-state index in [4.69, 9.17) is 14.3 Å². The van der Waals surface area contributed by atoms with Gasteiger partial charge in [0.05, 0.1) is 17.5 Å². The normalized spacial score (nSPS) is 22.8. The fourth-order valence-electron chi connectivity index (χ4n) is 5.37. The van der Waals surface area contributed by atoms with Crippen molar-refractivity contribution < 1.29 is 18.9 Å². The molecule has 36 heavy (non-hydrogen) atoms. The summed E-state index contributed by atoms with van der Waals surface area (Å²) >= 11 is 0. The van der Waals surface area contributed by atoms with Gasteiger partial charge in [-0.3, -0.25) is 19.9 Å². The Labute approximate surface area is 206 Å². The Bertz CT molecular complexity index is 1500. The number of likely N-dealkylation sites (N-methyl/N-ethyl adjacent to an activating group) is 1. The Balaban J connectivity index is 1.63. The van der Waals surface area contributed by atoms with Gasteiger partial charge in [0.1, 0.15) is 16.4 Å². The largest absolute Gasteiger partial charge is 0.482 e. The van der Waals surface area contributed by atoms with Crippen molar-refractivity contribution in [3.8, 4) is 5.75 Å². The molecule has 3 atom stereocenters. The standard InChI is InChI=1S/C28H21N3O5/c1-30-28(26(32)20-14-8-9-15-21(20)36-27(28)19-12-6-3-7-13-19)24(18-10-4-2-5-11-18)25(29-30)22-16-17-23(35-22)31(33)34/h2-17,24,27H,1H3/t24-,27?,28-/m1/s1. The third kappa shape index (κ3) is 3.07. The number of ether oxygens (including phenoxy) is 1. The maximum atomic E-state index is 14.6. The molecular weight excluding hydrogens is 458 g/mol. The van der Waals surface area contributed by atoms with Crippen LogP contribution >= 0.6 is 0 Å². The van der Waals surface area contributed by atoms with Gasteiger partial charge in [0.2, 0.25) is 0 Å². The minimum absolute atomic E-state index is 0.144. The molecule has 0 aliphatic carbocycles. The molecule has 2 aliphatic rings. The number of rotatable bonds is 4. The molecule has 2 aliphatic heterocycles. The van der Waals surface area contributed by atoms with E-state index in [1.807, 2.05) is 66.7 Å². The number of carbonyl (C=O) groups is 1. The van der Waals surface area contributed by atoms with Crippen LogP contribution in [0.2, 0.25) is 0 Å². The predicted octanol–water partition coefficient (Wildman–Crippen LogP) is 5.38. The van der Waals surface area contributed by atoms with Crippen LogP contribution in [0.15, 0.2) is 107 Å². The fraction of sp³-hybridized carbons (Fsp3) is 0.143. The van der Waals surface area contributed by atoms with Crippen molar-refractivity contribution in [1.29, 1.82) is 0 Å². The van der Waals surface area contributed by atoms with Crippen molar-refractivity contribution in [1.82, 2.24) is 5.01 Å². The van der Waals surface area contributed by atoms with Gasteiger partial charge >= 0.3 is 5.88 Å². The molecule has 1 spiro atoms. The second kappa shape index (κ2) is 8.20. The summed E-state index contributed by atoms with van der Waals surface area (Å²) < 4.78 is 12.2. The van der Waals surface area contributed by atoms with Crippen molar-refractivity contribution in [2.24, 2.45) is 5.10 Å². The Morgan fingerprint density at radius 2 is 1.53 bits per heavy atom. The van der Waals surface area contributed by atoms with E-state index in [0.29, 0.717) is 17.0 Å². The van der Waals surface area contributed by atoms with Crippen molar-refractivity contribution in [2.45, 2.75) is 17.6 Å². The first-order chi connectivity index (χ1) is 17.5. The highest BCUT2D eigenvalue weighted by Gasteiger charge is 2.65. The summed E-state index contributed by atoms with van der Waals surface area (Å²) in [5, 5.41) is 17.8. The SMILES string of the molecule is CN1N=C(c2ccc([N+](=O)[O-])o2)[C@@H](c2ccccc2)[C@]12C(=O)c1ccccc1OC2c1ccccc1. The number of carbonyl (C=O) groups excluding carboxylic acids is 1. The number of para-hydroxylation sites is 1. The molecule has 3 heterocycles. The number of furan rings is 1. The molecule has 1 aromatic heterocycles. The highest BCUT2D eigenvalue weighted by molar-refractivity contribution is 6.16. The minimum Gasteiger partial charge on any atom is -0.482 e. The second-order valence-electron chi connectivity index (χ2n) is 8.81. The Morgan fingerprint density at radius 1 is 0.889 bits per heavy atom. The first kappa shape index (κ1) is 21.8. The highest BCUT2D eigenvalue weighted by Crippen LogP contribution is 2.55. The summed E-state index contributed by atoms with van der Waals surface area (Å²) in [6, 6.07) is 29.1. The first-order valence-corrected chi connectivity index (χ1v) is 11.5. The van der Waals surface area contributed by atoms with Gasteiger partial charge in [-0.2, -0.15) is 5.10 Å². The second-order valence-corrected chi connectivity index (χ2v) is 8.81. The van der Waals surface area contributed by atoms with E-state index in [-0.39, 0.29) is 17.4 Å². The highest BCUT2D eigenvalue weighted by atomic mass is 16.6. The number of nitrogens with zero attached hydrogens (tertiary/aromatic N) is 3. The molecule has 0 saturated carbocycles. The lowest BCUT2D eigenvalue weighted by molar-refractivity contribution is -0.402. The third-order valence-electron chi connectivity index (χ3n) is 6.91. The number of Topliss-reactive ketones (excluding diaryl/α,β-unsaturated/α-hetero) is 1. The number of hydrazone groups is 1. The molecule has 0 radical (unpaired) electrons. The molecule has 8 nitrogen and oxygen atoms in total. The van der Waals surface area contributed by atoms with Gasteiger partial charge in [0, 0.05) is 7.05 Å². The van der Waals surface area contributed by atoms with E-state index in [0.717, 1.165) is 11.1 Å². The summed E-state index contributed by atoms with van der Waals surface area (Å²) in [5.74, 6) is -0.434. The molecule has 6 rings (SSSR count). The molecule has 8 heteroatoms. The molecule has 0 amide bonds. The van der Waals surface area contributed by atoms with Gasteiger partial charge in [-0.15, -0.1) is 0 Å². The van der Waals surface area contributed by atoms with E-state index >= 15 is 0 Å². The molecule has 1 unspecified atom stereocenters. The van der Waals surface area contributed by atoms with E-state index in [1.165, 1.54) is 12.1 Å². The number of hydrogen-bond donors (Lipinski definition) is 0. The Morgan fingerprint density at radius 3 is 2.19 bits per heavy atom. The Kier molecular flexibility index (Phi) is 4.96. The van der Waals surface area contributed by atoms with Gasteiger partial charge in [-0.25, -0.2) is 0 Å². The number of hydrogen-bond acceptors (Lipinski definition) is 7. The molecule has 0 bridgehead atoms. The molecular formula is C28H21N3O5. The van der Waals surface area contributed by atoms with Crippen molar-refractivity contribution in [3.63, 3.8) is 0 Å². The summed E-state index contributed by atoms with van der Waals surface area (Å²) in [6.45, 7) is 0. The lowest BCUT2D eigenvalue weighted by atomic mass is 9.66. The van der Waals surface area contributed by atoms with Crippen LogP contribution in [-0.4, -0.2) is 34.0 Å². The van der Waals surface area contributed by atoms with E-state index < -0.39 is 22.5 Å². The lowest BCUT2D eigenvalue weighted by Gasteiger charge is -2.47. The first-order valence-electron chi connectivity index (χ1n) is 11.5. The smallest absolute Gasteiger partial charge is 0.433 e. The van der Waals surface area contributed by atoms with Crippen LogP contribution in [0.5, 0.6) is 5.75 Å². The van der Waals surface area contributed by atoms with Gasteiger partial charge in [0.25, 0.3) is 0 Å². The van der Waals surface area contributed by atoms with Gasteiger partial charge < -0.3 is 9.15 Å². The predicted molar refractivity (Wildman–Crippen MR) is 132 cm³/mol. The topological polar surface area (TPSA) is 98.2 Å². The zero-order valence-corrected chi connectivity index (χ0v) is 19.3. The lowest BCUT2D eigenvalue weighted by Crippen LogP contribution is -2.60. The van der Waals surface area contributed by atoms with Gasteiger partial charge in [-0.1, -0.05) is 72.8 Å². The zero-order chi connectivity index (χ0) is 24.9. The van der Waals surface area contributed by atoms with Crippen LogP contribution in [0.3, 0.4) is 0 Å². The molecule has 178 valence electrons. The third-order valence-corrected chi connectivity index (χ3v) is 6.91. The number of nitro groups is 1. The van der Waals surface area contributed by atoms with Crippen LogP contribution in [0, 0.1) is 10.1 Å². The van der Waals surface area contributed by atoms with E-state index in [2.05, 4.69) is 0 Å². The van der Waals surface area contributed by atoms with Gasteiger partial charge in [-0.05, 0) is 29.3 Å². The van der Waals surface area contributed by atoms with E-state index in [1.54, 1.807) is 30.3 Å². The molecule has 4 aromatic rings. The average molecular weight is 479 g/mol. The molecule has 0 fully saturated rings. The number of benzene rings is 3. The summed E-state index contributed by atoms with van der Waals surface area (Å²) in [6.07, 6.45) is -0.720. The molecule has 3 aromatic carbocycles. The number of ketones is 1. The van der Waals surface area contributed by atoms with Crippen LogP contribution in [0.4, 0.5) is 5.88 Å². The summed E-state index contributed by atoms with van der Waals surface area (Å²) in [7, 11) is 1.74. The van der Waals surface area contributed by atoms with Crippen LogP contribution in [0.25, 0.3) is 0 Å². The van der Waals surface area contributed by atoms with Crippen molar-refractivity contribution in [3.05, 3.63) is 130 Å². The maximum Gasteiger partial charge on any atom is 0.433 e. The average Bonchev–Trinajstić information content (AvgIpc) is 3.51. The fourth-order valence-corrected chi connectivity index (χ4v) is 5.37. The van der Waals surface area contributed by atoms with Crippen LogP contribution < -0.4 is 4.74 Å².